The molecule has 26 heavy (non-hydrogen) atoms. The van der Waals surface area contributed by atoms with E-state index >= 15 is 0 Å². The molecule has 0 unspecified atom stereocenters. The van der Waals surface area contributed by atoms with E-state index in [-0.39, 0.29) is 17.6 Å². The fourth-order valence-electron chi connectivity index (χ4n) is 2.93. The monoisotopic (exact) mass is 373 g/mol. The van der Waals surface area contributed by atoms with Gasteiger partial charge in [-0.1, -0.05) is 17.7 Å². The number of aromatic nitrogens is 1. The van der Waals surface area contributed by atoms with Crippen LogP contribution >= 0.6 is 0 Å². The Morgan fingerprint density at radius 2 is 1.81 bits per heavy atom. The number of hydrogen-bond donors (Lipinski definition) is 1. The van der Waals surface area contributed by atoms with Crippen molar-refractivity contribution < 1.29 is 18.3 Å². The highest BCUT2D eigenvalue weighted by Gasteiger charge is 2.21. The third-order valence-corrected chi connectivity index (χ3v) is 5.84. The third-order valence-electron chi connectivity index (χ3n) is 4.16. The molecule has 0 saturated carbocycles. The smallest absolute Gasteiger partial charge is 0.268 e. The van der Waals surface area contributed by atoms with Crippen LogP contribution in [0.1, 0.15) is 25.0 Å². The minimum atomic E-state index is -3.72. The fourth-order valence-corrected chi connectivity index (χ4v) is 4.32. The quantitative estimate of drug-likeness (QED) is 0.718. The molecule has 0 radical (unpaired) electrons. The van der Waals surface area contributed by atoms with E-state index in [1.165, 1.54) is 3.97 Å². The number of nitrogens with zero attached hydrogens (tertiary/aromatic N) is 1. The minimum Gasteiger partial charge on any atom is -0.491 e. The molecular weight excluding hydrogens is 350 g/mol. The van der Waals surface area contributed by atoms with Gasteiger partial charge in [0.2, 0.25) is 0 Å². The van der Waals surface area contributed by atoms with Crippen molar-refractivity contribution in [1.82, 2.24) is 3.97 Å². The van der Waals surface area contributed by atoms with Gasteiger partial charge in [-0.15, -0.1) is 0 Å². The molecule has 0 saturated heterocycles. The molecule has 1 N–H and O–H groups in total. The molecule has 0 bridgehead atoms. The zero-order valence-corrected chi connectivity index (χ0v) is 16.0. The van der Waals surface area contributed by atoms with Crippen LogP contribution < -0.4 is 4.74 Å². The van der Waals surface area contributed by atoms with E-state index in [2.05, 4.69) is 0 Å². The SMILES string of the molecule is Cc1ccc(S(=O)(=O)n2cc(CCO)c3cc(OC(C)C)ccc32)cc1. The Morgan fingerprint density at radius 3 is 2.42 bits per heavy atom. The highest BCUT2D eigenvalue weighted by atomic mass is 32.2. The highest BCUT2D eigenvalue weighted by molar-refractivity contribution is 7.90. The normalized spacial score (nSPS) is 12.0. The van der Waals surface area contributed by atoms with Crippen LogP contribution in [0, 0.1) is 6.92 Å². The van der Waals surface area contributed by atoms with Crippen LogP contribution in [0.4, 0.5) is 0 Å². The van der Waals surface area contributed by atoms with Crippen molar-refractivity contribution in [3.05, 3.63) is 59.8 Å². The van der Waals surface area contributed by atoms with E-state index in [1.54, 1.807) is 42.6 Å². The molecule has 0 amide bonds. The second-order valence-electron chi connectivity index (χ2n) is 6.59. The molecule has 0 aliphatic carbocycles. The lowest BCUT2D eigenvalue weighted by molar-refractivity contribution is 0.242. The van der Waals surface area contributed by atoms with Crippen molar-refractivity contribution in [2.24, 2.45) is 0 Å². The van der Waals surface area contributed by atoms with Crippen LogP contribution in [-0.4, -0.2) is 30.2 Å². The molecule has 138 valence electrons. The maximum absolute atomic E-state index is 13.1. The van der Waals surface area contributed by atoms with Crippen molar-refractivity contribution in [3.63, 3.8) is 0 Å². The van der Waals surface area contributed by atoms with Gasteiger partial charge in [0.05, 0.1) is 16.5 Å². The van der Waals surface area contributed by atoms with Gasteiger partial charge in [-0.3, -0.25) is 0 Å². The minimum absolute atomic E-state index is 0.0205. The van der Waals surface area contributed by atoms with Gasteiger partial charge in [0.25, 0.3) is 10.0 Å². The predicted molar refractivity (Wildman–Crippen MR) is 102 cm³/mol. The first kappa shape index (κ1) is 18.5. The second-order valence-corrected chi connectivity index (χ2v) is 8.40. The Labute approximate surface area is 153 Å². The molecule has 0 atom stereocenters. The summed E-state index contributed by atoms with van der Waals surface area (Å²) in [6, 6.07) is 12.1. The number of aliphatic hydroxyl groups excluding tert-OH is 1. The number of aliphatic hydroxyl groups is 1. The van der Waals surface area contributed by atoms with Crippen LogP contribution in [-0.2, 0) is 16.4 Å². The van der Waals surface area contributed by atoms with E-state index in [9.17, 15) is 13.5 Å². The summed E-state index contributed by atoms with van der Waals surface area (Å²) in [6.07, 6.45) is 1.99. The first-order valence-corrected chi connectivity index (χ1v) is 10.0. The maximum atomic E-state index is 13.1. The highest BCUT2D eigenvalue weighted by Crippen LogP contribution is 2.30. The molecule has 1 heterocycles. The van der Waals surface area contributed by atoms with Gasteiger partial charge in [0, 0.05) is 18.2 Å². The summed E-state index contributed by atoms with van der Waals surface area (Å²) in [5, 5.41) is 10.1. The van der Waals surface area contributed by atoms with Gasteiger partial charge >= 0.3 is 0 Å². The average molecular weight is 373 g/mol. The van der Waals surface area contributed by atoms with Crippen molar-refractivity contribution in [2.45, 2.75) is 38.2 Å². The second kappa shape index (κ2) is 7.13. The molecule has 3 aromatic rings. The Morgan fingerprint density at radius 1 is 1.12 bits per heavy atom. The lowest BCUT2D eigenvalue weighted by atomic mass is 10.1. The Hall–Kier alpha value is -2.31. The molecule has 0 spiro atoms. The van der Waals surface area contributed by atoms with Gasteiger partial charge in [0.1, 0.15) is 5.75 Å². The third kappa shape index (κ3) is 3.48. The van der Waals surface area contributed by atoms with E-state index in [1.807, 2.05) is 26.8 Å². The molecule has 2 aromatic carbocycles. The van der Waals surface area contributed by atoms with Crippen LogP contribution in [0.15, 0.2) is 53.6 Å². The Bertz CT molecular complexity index is 1020. The largest absolute Gasteiger partial charge is 0.491 e. The predicted octanol–water partition coefficient (Wildman–Crippen LogP) is 3.51. The summed E-state index contributed by atoms with van der Waals surface area (Å²) in [7, 11) is -3.72. The van der Waals surface area contributed by atoms with E-state index in [4.69, 9.17) is 4.74 Å². The fraction of sp³-hybridized carbons (Fsp3) is 0.300. The van der Waals surface area contributed by atoms with Crippen LogP contribution in [0.25, 0.3) is 10.9 Å². The van der Waals surface area contributed by atoms with Crippen molar-refractivity contribution in [2.75, 3.05) is 6.61 Å². The molecule has 1 aromatic heterocycles. The van der Waals surface area contributed by atoms with Crippen molar-refractivity contribution >= 4 is 20.9 Å². The number of benzene rings is 2. The van der Waals surface area contributed by atoms with Gasteiger partial charge in [0.15, 0.2) is 0 Å². The number of ether oxygens (including phenoxy) is 1. The van der Waals surface area contributed by atoms with Crippen LogP contribution in [0.2, 0.25) is 0 Å². The topological polar surface area (TPSA) is 68.5 Å². The summed E-state index contributed by atoms with van der Waals surface area (Å²) in [4.78, 5) is 0.234. The van der Waals surface area contributed by atoms with Gasteiger partial charge in [-0.2, -0.15) is 0 Å². The van der Waals surface area contributed by atoms with Crippen molar-refractivity contribution in [1.29, 1.82) is 0 Å². The van der Waals surface area contributed by atoms with Gasteiger partial charge in [-0.25, -0.2) is 12.4 Å². The molecule has 0 aliphatic heterocycles. The lowest BCUT2D eigenvalue weighted by Crippen LogP contribution is -2.12. The molecular formula is C20H23NO4S. The van der Waals surface area contributed by atoms with E-state index in [0.29, 0.717) is 17.7 Å². The zero-order chi connectivity index (χ0) is 18.9. The molecule has 5 nitrogen and oxygen atoms in total. The van der Waals surface area contributed by atoms with E-state index in [0.717, 1.165) is 16.5 Å². The number of aryl methyl sites for hydroxylation is 1. The molecule has 6 heteroatoms. The zero-order valence-electron chi connectivity index (χ0n) is 15.1. The van der Waals surface area contributed by atoms with Crippen LogP contribution in [0.5, 0.6) is 5.75 Å². The van der Waals surface area contributed by atoms with Crippen LogP contribution in [0.3, 0.4) is 0 Å². The Kier molecular flexibility index (Phi) is 5.07. The molecule has 3 rings (SSSR count). The summed E-state index contributed by atoms with van der Waals surface area (Å²) in [5.41, 5.74) is 2.34. The number of rotatable bonds is 6. The standard InChI is InChI=1S/C20H23NO4S/c1-14(2)25-17-6-9-20-19(12-17)16(10-11-22)13-21(20)26(23,24)18-7-4-15(3)5-8-18/h4-9,12-14,22H,10-11H2,1-3H3. The maximum Gasteiger partial charge on any atom is 0.268 e. The number of fused-ring (bicyclic) bond motifs is 1. The summed E-state index contributed by atoms with van der Waals surface area (Å²) in [5.74, 6) is 0.678. The Balaban J connectivity index is 2.18. The summed E-state index contributed by atoms with van der Waals surface area (Å²) in [6.45, 7) is 5.73. The lowest BCUT2D eigenvalue weighted by Gasteiger charge is -2.11. The summed E-state index contributed by atoms with van der Waals surface area (Å²) >= 11 is 0. The number of hydrogen-bond acceptors (Lipinski definition) is 4. The molecule has 0 fully saturated rings. The van der Waals surface area contributed by atoms with Gasteiger partial charge in [-0.05, 0) is 63.1 Å². The average Bonchev–Trinajstić information content (AvgIpc) is 2.94. The van der Waals surface area contributed by atoms with Crippen molar-refractivity contribution in [3.8, 4) is 5.75 Å². The van der Waals surface area contributed by atoms with Gasteiger partial charge < -0.3 is 9.84 Å². The first-order chi connectivity index (χ1) is 12.3. The first-order valence-electron chi connectivity index (χ1n) is 8.56. The summed E-state index contributed by atoms with van der Waals surface area (Å²) < 4.78 is 33.2. The van der Waals surface area contributed by atoms with E-state index < -0.39 is 10.0 Å². The molecule has 0 aliphatic rings.